The third-order valence-electron chi connectivity index (χ3n) is 3.42. The molecule has 0 saturated carbocycles. The van der Waals surface area contributed by atoms with Crippen LogP contribution in [0.25, 0.3) is 0 Å². The van der Waals surface area contributed by atoms with E-state index < -0.39 is 11.0 Å². The van der Waals surface area contributed by atoms with Gasteiger partial charge in [-0.1, -0.05) is 6.92 Å². The Morgan fingerprint density at radius 3 is 2.53 bits per heavy atom. The van der Waals surface area contributed by atoms with Crippen LogP contribution in [0, 0.1) is 16.7 Å². The van der Waals surface area contributed by atoms with Gasteiger partial charge in [0.1, 0.15) is 5.60 Å². The van der Waals surface area contributed by atoms with Gasteiger partial charge in [0.05, 0.1) is 18.1 Å². The van der Waals surface area contributed by atoms with Gasteiger partial charge in [0.25, 0.3) is 0 Å². The Balaban J connectivity index is 2.91. The van der Waals surface area contributed by atoms with Crippen molar-refractivity contribution in [2.24, 2.45) is 5.41 Å². The minimum absolute atomic E-state index is 0.205. The van der Waals surface area contributed by atoms with Gasteiger partial charge in [-0.2, -0.15) is 5.26 Å². The molecule has 0 radical (unpaired) electrons. The number of methoxy groups -OCH3 is 1. The second-order valence-electron chi connectivity index (χ2n) is 4.12. The number of hydrogen-bond acceptors (Lipinski definition) is 4. The van der Waals surface area contributed by atoms with Crippen molar-refractivity contribution in [3.05, 3.63) is 0 Å². The summed E-state index contributed by atoms with van der Waals surface area (Å²) >= 11 is 0. The molecule has 4 nitrogen and oxygen atoms in total. The van der Waals surface area contributed by atoms with Crippen molar-refractivity contribution >= 4 is 0 Å². The monoisotopic (exact) mass is 213 g/mol. The highest BCUT2D eigenvalue weighted by molar-refractivity contribution is 5.12. The smallest absolute Gasteiger partial charge is 0.106 e. The first-order chi connectivity index (χ1) is 7.14. The van der Waals surface area contributed by atoms with Crippen molar-refractivity contribution in [3.8, 4) is 6.07 Å². The maximum Gasteiger partial charge on any atom is 0.106 e. The molecule has 1 N–H and O–H groups in total. The zero-order chi connectivity index (χ0) is 11.4. The van der Waals surface area contributed by atoms with Crippen LogP contribution < -0.4 is 0 Å². The number of nitriles is 1. The first kappa shape index (κ1) is 12.4. The first-order valence-electron chi connectivity index (χ1n) is 5.34. The zero-order valence-electron chi connectivity index (χ0n) is 9.45. The largest absolute Gasteiger partial charge is 0.386 e. The summed E-state index contributed by atoms with van der Waals surface area (Å²) in [5, 5.41) is 19.8. The number of aliphatic hydroxyl groups is 1. The van der Waals surface area contributed by atoms with E-state index in [1.165, 1.54) is 0 Å². The molecule has 1 aliphatic rings. The van der Waals surface area contributed by atoms with E-state index in [0.29, 0.717) is 32.5 Å². The minimum atomic E-state index is -1.06. The molecule has 86 valence electrons. The molecule has 1 aliphatic heterocycles. The highest BCUT2D eigenvalue weighted by Crippen LogP contribution is 2.42. The van der Waals surface area contributed by atoms with E-state index in [4.69, 9.17) is 9.47 Å². The molecule has 1 atom stereocenters. The molecule has 0 amide bonds. The van der Waals surface area contributed by atoms with Crippen LogP contribution >= 0.6 is 0 Å². The van der Waals surface area contributed by atoms with Crippen LogP contribution in [0.4, 0.5) is 0 Å². The molecular weight excluding hydrogens is 194 g/mol. The molecule has 0 spiro atoms. The molecule has 1 saturated heterocycles. The first-order valence-corrected chi connectivity index (χ1v) is 5.34. The lowest BCUT2D eigenvalue weighted by Crippen LogP contribution is -2.53. The second-order valence-corrected chi connectivity index (χ2v) is 4.12. The van der Waals surface area contributed by atoms with Gasteiger partial charge in [-0.3, -0.25) is 0 Å². The summed E-state index contributed by atoms with van der Waals surface area (Å²) in [6.07, 6.45) is 1.68. The standard InChI is InChI=1S/C11H19NO3/c1-3-11(13,9-14-2)10(8-12)4-6-15-7-5-10/h13H,3-7,9H2,1-2H3. The van der Waals surface area contributed by atoms with Crippen LogP contribution in [0.1, 0.15) is 26.2 Å². The zero-order valence-corrected chi connectivity index (χ0v) is 9.45. The van der Waals surface area contributed by atoms with Crippen molar-refractivity contribution in [3.63, 3.8) is 0 Å². The second kappa shape index (κ2) is 4.93. The number of ether oxygens (including phenoxy) is 2. The van der Waals surface area contributed by atoms with Crippen LogP contribution in [0.5, 0.6) is 0 Å². The van der Waals surface area contributed by atoms with Crippen molar-refractivity contribution in [2.75, 3.05) is 26.9 Å². The molecule has 1 heterocycles. The Bertz CT molecular complexity index is 243. The molecule has 0 aromatic rings. The Kier molecular flexibility index (Phi) is 4.09. The van der Waals surface area contributed by atoms with E-state index in [9.17, 15) is 10.4 Å². The van der Waals surface area contributed by atoms with Gasteiger partial charge in [0.2, 0.25) is 0 Å². The lowest BCUT2D eigenvalue weighted by molar-refractivity contribution is -0.137. The van der Waals surface area contributed by atoms with Gasteiger partial charge in [0.15, 0.2) is 0 Å². The molecule has 4 heteroatoms. The molecule has 0 aliphatic carbocycles. The summed E-state index contributed by atoms with van der Waals surface area (Å²) in [4.78, 5) is 0. The van der Waals surface area contributed by atoms with Gasteiger partial charge < -0.3 is 14.6 Å². The lowest BCUT2D eigenvalue weighted by Gasteiger charge is -2.43. The van der Waals surface area contributed by atoms with E-state index >= 15 is 0 Å². The molecule has 1 fully saturated rings. The molecule has 0 aromatic carbocycles. The number of rotatable bonds is 4. The summed E-state index contributed by atoms with van der Waals surface area (Å²) in [6, 6.07) is 2.28. The third kappa shape index (κ3) is 2.15. The highest BCUT2D eigenvalue weighted by Gasteiger charge is 2.50. The minimum Gasteiger partial charge on any atom is -0.386 e. The van der Waals surface area contributed by atoms with E-state index in [2.05, 4.69) is 6.07 Å². The van der Waals surface area contributed by atoms with Crippen LogP contribution in [0.2, 0.25) is 0 Å². The van der Waals surface area contributed by atoms with Crippen LogP contribution in [0.15, 0.2) is 0 Å². The Labute approximate surface area is 90.8 Å². The summed E-state index contributed by atoms with van der Waals surface area (Å²) in [5.74, 6) is 0. The third-order valence-corrected chi connectivity index (χ3v) is 3.42. The summed E-state index contributed by atoms with van der Waals surface area (Å²) in [6.45, 7) is 3.17. The predicted octanol–water partition coefficient (Wildman–Crippen LogP) is 1.09. The maximum atomic E-state index is 10.5. The highest BCUT2D eigenvalue weighted by atomic mass is 16.5. The van der Waals surface area contributed by atoms with Crippen molar-refractivity contribution in [1.29, 1.82) is 5.26 Å². The Morgan fingerprint density at radius 2 is 2.13 bits per heavy atom. The average Bonchev–Trinajstić information content (AvgIpc) is 2.30. The van der Waals surface area contributed by atoms with Gasteiger partial charge >= 0.3 is 0 Å². The fourth-order valence-corrected chi connectivity index (χ4v) is 2.22. The molecule has 1 rings (SSSR count). The Hall–Kier alpha value is -0.630. The molecular formula is C11H19NO3. The molecule has 15 heavy (non-hydrogen) atoms. The normalized spacial score (nSPS) is 24.1. The van der Waals surface area contributed by atoms with Crippen LogP contribution in [-0.4, -0.2) is 37.6 Å². The molecule has 0 aromatic heterocycles. The van der Waals surface area contributed by atoms with Crippen LogP contribution in [0.3, 0.4) is 0 Å². The van der Waals surface area contributed by atoms with E-state index in [0.717, 1.165) is 0 Å². The summed E-state index contributed by atoms with van der Waals surface area (Å²) < 4.78 is 10.3. The summed E-state index contributed by atoms with van der Waals surface area (Å²) in [7, 11) is 1.55. The SMILES string of the molecule is CCC(O)(COC)C1(C#N)CCOCC1. The average molecular weight is 213 g/mol. The van der Waals surface area contributed by atoms with Gasteiger partial charge in [-0.15, -0.1) is 0 Å². The molecule has 1 unspecified atom stereocenters. The quantitative estimate of drug-likeness (QED) is 0.759. The predicted molar refractivity (Wildman–Crippen MR) is 55.2 cm³/mol. The van der Waals surface area contributed by atoms with Crippen molar-refractivity contribution in [1.82, 2.24) is 0 Å². The van der Waals surface area contributed by atoms with Crippen LogP contribution in [-0.2, 0) is 9.47 Å². The van der Waals surface area contributed by atoms with E-state index in [-0.39, 0.29) is 6.61 Å². The fraction of sp³-hybridized carbons (Fsp3) is 0.909. The molecule has 0 bridgehead atoms. The summed E-state index contributed by atoms with van der Waals surface area (Å²) in [5.41, 5.74) is -1.77. The fourth-order valence-electron chi connectivity index (χ4n) is 2.22. The number of hydrogen-bond donors (Lipinski definition) is 1. The lowest BCUT2D eigenvalue weighted by atomic mass is 9.67. The van der Waals surface area contributed by atoms with Gasteiger partial charge in [-0.05, 0) is 19.3 Å². The maximum absolute atomic E-state index is 10.5. The van der Waals surface area contributed by atoms with Gasteiger partial charge in [0, 0.05) is 20.3 Å². The van der Waals surface area contributed by atoms with Gasteiger partial charge in [-0.25, -0.2) is 0 Å². The van der Waals surface area contributed by atoms with Crippen molar-refractivity contribution in [2.45, 2.75) is 31.8 Å². The van der Waals surface area contributed by atoms with E-state index in [1.807, 2.05) is 6.92 Å². The topological polar surface area (TPSA) is 62.5 Å². The van der Waals surface area contributed by atoms with E-state index in [1.54, 1.807) is 7.11 Å². The van der Waals surface area contributed by atoms with Crippen molar-refractivity contribution < 1.29 is 14.6 Å². The number of nitrogens with zero attached hydrogens (tertiary/aromatic N) is 1. The Morgan fingerprint density at radius 1 is 1.53 bits per heavy atom.